The lowest BCUT2D eigenvalue weighted by molar-refractivity contribution is -0.121. The summed E-state index contributed by atoms with van der Waals surface area (Å²) in [6.07, 6.45) is 2.81. The quantitative estimate of drug-likeness (QED) is 0.726. The molecule has 0 spiro atoms. The Morgan fingerprint density at radius 3 is 2.38 bits per heavy atom. The van der Waals surface area contributed by atoms with Crippen LogP contribution < -0.4 is 5.32 Å². The summed E-state index contributed by atoms with van der Waals surface area (Å²) >= 11 is 0. The Bertz CT molecular complexity index is 894. The van der Waals surface area contributed by atoms with Gasteiger partial charge < -0.3 is 15.2 Å². The van der Waals surface area contributed by atoms with E-state index in [9.17, 15) is 14.4 Å². The normalized spacial score (nSPS) is 14.7. The number of aryl methyl sites for hydroxylation is 1. The molecule has 2 aromatic rings. The van der Waals surface area contributed by atoms with Crippen molar-refractivity contribution in [2.24, 2.45) is 5.92 Å². The Morgan fingerprint density at radius 1 is 1.14 bits per heavy atom. The second-order valence-electron chi connectivity index (χ2n) is 7.71. The number of carbonyl (C=O) groups excluding carboxylic acids is 3. The van der Waals surface area contributed by atoms with Gasteiger partial charge in [-0.15, -0.1) is 0 Å². The van der Waals surface area contributed by atoms with Gasteiger partial charge in [0.25, 0.3) is 5.91 Å². The van der Waals surface area contributed by atoms with Crippen LogP contribution in [0.2, 0.25) is 0 Å². The number of hydrogen-bond acceptors (Lipinski definition) is 3. The molecule has 1 aliphatic heterocycles. The Labute approximate surface area is 171 Å². The van der Waals surface area contributed by atoms with Gasteiger partial charge >= 0.3 is 0 Å². The van der Waals surface area contributed by atoms with E-state index in [-0.39, 0.29) is 23.5 Å². The average molecular weight is 396 g/mol. The van der Waals surface area contributed by atoms with Crippen LogP contribution in [0.25, 0.3) is 0 Å². The van der Waals surface area contributed by atoms with E-state index in [0.29, 0.717) is 43.6 Å². The topological polar surface area (TPSA) is 82.3 Å². The molecule has 1 fully saturated rings. The zero-order valence-corrected chi connectivity index (χ0v) is 17.4. The number of anilines is 1. The zero-order valence-electron chi connectivity index (χ0n) is 17.4. The molecule has 0 atom stereocenters. The van der Waals surface area contributed by atoms with E-state index in [1.54, 1.807) is 11.8 Å². The second kappa shape index (κ2) is 9.07. The molecule has 1 aromatic heterocycles. The van der Waals surface area contributed by atoms with Crippen molar-refractivity contribution in [2.45, 2.75) is 46.5 Å². The fourth-order valence-electron chi connectivity index (χ4n) is 4.10. The van der Waals surface area contributed by atoms with E-state index in [1.165, 1.54) is 0 Å². The van der Waals surface area contributed by atoms with Crippen LogP contribution in [0.5, 0.6) is 0 Å². The Morgan fingerprint density at radius 2 is 1.79 bits per heavy atom. The van der Waals surface area contributed by atoms with Crippen molar-refractivity contribution in [1.82, 2.24) is 9.88 Å². The first kappa shape index (κ1) is 20.8. The number of rotatable bonds is 6. The van der Waals surface area contributed by atoms with E-state index < -0.39 is 0 Å². The molecule has 0 unspecified atom stereocenters. The van der Waals surface area contributed by atoms with Crippen molar-refractivity contribution in [2.75, 3.05) is 18.4 Å². The summed E-state index contributed by atoms with van der Waals surface area (Å²) in [6.45, 7) is 6.49. The molecule has 0 aliphatic carbocycles. The van der Waals surface area contributed by atoms with Crippen molar-refractivity contribution in [1.29, 1.82) is 0 Å². The number of nitrogens with zero attached hydrogens (tertiary/aromatic N) is 1. The predicted octanol–water partition coefficient (Wildman–Crippen LogP) is 3.97. The van der Waals surface area contributed by atoms with Crippen LogP contribution in [-0.2, 0) is 11.2 Å². The monoisotopic (exact) mass is 395 g/mol. The van der Waals surface area contributed by atoms with Gasteiger partial charge in [-0.2, -0.15) is 0 Å². The maximum Gasteiger partial charge on any atom is 0.270 e. The third-order valence-electron chi connectivity index (χ3n) is 5.55. The molecule has 154 valence electrons. The summed E-state index contributed by atoms with van der Waals surface area (Å²) in [5, 5.41) is 2.95. The Kier molecular flexibility index (Phi) is 6.52. The number of Topliss-reactive ketones (excluding diaryl/α,β-unsaturated/α-hetero) is 1. The van der Waals surface area contributed by atoms with Gasteiger partial charge in [-0.3, -0.25) is 14.4 Å². The summed E-state index contributed by atoms with van der Waals surface area (Å²) < 4.78 is 0. The number of nitrogens with one attached hydrogen (secondary N) is 2. The summed E-state index contributed by atoms with van der Waals surface area (Å²) in [5.41, 5.74) is 3.54. The fourth-order valence-corrected chi connectivity index (χ4v) is 4.10. The zero-order chi connectivity index (χ0) is 21.0. The van der Waals surface area contributed by atoms with E-state index in [4.69, 9.17) is 0 Å². The smallest absolute Gasteiger partial charge is 0.270 e. The Balaban J connectivity index is 1.67. The number of carbonyl (C=O) groups is 3. The van der Waals surface area contributed by atoms with Crippen LogP contribution >= 0.6 is 0 Å². The van der Waals surface area contributed by atoms with Crippen LogP contribution in [0.15, 0.2) is 30.3 Å². The number of ketones is 1. The third-order valence-corrected chi connectivity index (χ3v) is 5.55. The van der Waals surface area contributed by atoms with Crippen LogP contribution in [-0.4, -0.2) is 40.6 Å². The SMILES string of the molecule is CCCc1c(C(=O)N2CCC(C(=O)Nc3ccccc3)CC2)[nH]c(C)c1C(C)=O. The molecule has 2 heterocycles. The highest BCUT2D eigenvalue weighted by molar-refractivity contribution is 6.02. The lowest BCUT2D eigenvalue weighted by atomic mass is 9.95. The highest BCUT2D eigenvalue weighted by atomic mass is 16.2. The highest BCUT2D eigenvalue weighted by Gasteiger charge is 2.30. The van der Waals surface area contributed by atoms with Crippen LogP contribution in [0, 0.1) is 12.8 Å². The molecule has 1 aliphatic rings. The highest BCUT2D eigenvalue weighted by Crippen LogP contribution is 2.25. The first-order valence-corrected chi connectivity index (χ1v) is 10.3. The molecule has 2 N–H and O–H groups in total. The third kappa shape index (κ3) is 4.58. The molecule has 2 amide bonds. The van der Waals surface area contributed by atoms with Crippen LogP contribution in [0.1, 0.15) is 65.2 Å². The largest absolute Gasteiger partial charge is 0.354 e. The van der Waals surface area contributed by atoms with Gasteiger partial charge in [0.1, 0.15) is 5.69 Å². The fraction of sp³-hybridized carbons (Fsp3) is 0.435. The van der Waals surface area contributed by atoms with Gasteiger partial charge in [0.2, 0.25) is 5.91 Å². The molecule has 0 saturated carbocycles. The van der Waals surface area contributed by atoms with E-state index in [1.807, 2.05) is 44.2 Å². The van der Waals surface area contributed by atoms with Gasteiger partial charge in [-0.05, 0) is 50.8 Å². The number of H-pyrrole nitrogens is 1. The van der Waals surface area contributed by atoms with Crippen LogP contribution in [0.4, 0.5) is 5.69 Å². The van der Waals surface area contributed by atoms with Gasteiger partial charge in [0.05, 0.1) is 0 Å². The molecular weight excluding hydrogens is 366 g/mol. The molecular formula is C23H29N3O3. The van der Waals surface area contributed by atoms with Crippen LogP contribution in [0.3, 0.4) is 0 Å². The predicted molar refractivity (Wildman–Crippen MR) is 113 cm³/mol. The summed E-state index contributed by atoms with van der Waals surface area (Å²) in [4.78, 5) is 42.6. The molecule has 0 radical (unpaired) electrons. The number of amides is 2. The molecule has 0 bridgehead atoms. The van der Waals surface area contributed by atoms with Gasteiger partial charge in [0, 0.05) is 36.0 Å². The maximum absolute atomic E-state index is 13.1. The lowest BCUT2D eigenvalue weighted by Gasteiger charge is -2.31. The summed E-state index contributed by atoms with van der Waals surface area (Å²) in [7, 11) is 0. The van der Waals surface area contributed by atoms with E-state index >= 15 is 0 Å². The Hall–Kier alpha value is -2.89. The minimum atomic E-state index is -0.104. The average Bonchev–Trinajstić information content (AvgIpc) is 3.04. The first-order chi connectivity index (χ1) is 13.9. The molecule has 29 heavy (non-hydrogen) atoms. The van der Waals surface area contributed by atoms with E-state index in [2.05, 4.69) is 10.3 Å². The van der Waals surface area contributed by atoms with E-state index in [0.717, 1.165) is 23.4 Å². The van der Waals surface area contributed by atoms with Crippen molar-refractivity contribution in [3.8, 4) is 0 Å². The van der Waals surface area contributed by atoms with Crippen molar-refractivity contribution in [3.63, 3.8) is 0 Å². The summed E-state index contributed by atoms with van der Waals surface area (Å²) in [5.74, 6) is -0.194. The molecule has 1 aromatic carbocycles. The van der Waals surface area contributed by atoms with Gasteiger partial charge in [-0.1, -0.05) is 31.5 Å². The number of benzene rings is 1. The standard InChI is InChI=1S/C23H29N3O3/c1-4-8-19-20(16(3)27)15(2)24-21(19)23(29)26-13-11-17(12-14-26)22(28)25-18-9-6-5-7-10-18/h5-7,9-10,17,24H,4,8,11-14H2,1-3H3,(H,25,28). The molecule has 6 nitrogen and oxygen atoms in total. The number of piperidine rings is 1. The number of aromatic amines is 1. The van der Waals surface area contributed by atoms with Crippen molar-refractivity contribution in [3.05, 3.63) is 52.8 Å². The van der Waals surface area contributed by atoms with Crippen molar-refractivity contribution < 1.29 is 14.4 Å². The molecule has 1 saturated heterocycles. The summed E-state index contributed by atoms with van der Waals surface area (Å²) in [6, 6.07) is 9.42. The maximum atomic E-state index is 13.1. The molecule has 3 rings (SSSR count). The number of para-hydroxylation sites is 1. The lowest BCUT2D eigenvalue weighted by Crippen LogP contribution is -2.41. The number of hydrogen-bond donors (Lipinski definition) is 2. The van der Waals surface area contributed by atoms with Crippen molar-refractivity contribution >= 4 is 23.3 Å². The number of likely N-dealkylation sites (tertiary alicyclic amines) is 1. The number of aromatic nitrogens is 1. The molecule has 6 heteroatoms. The second-order valence-corrected chi connectivity index (χ2v) is 7.71. The minimum Gasteiger partial charge on any atom is -0.354 e. The minimum absolute atomic E-state index is 0.00422. The first-order valence-electron chi connectivity index (χ1n) is 10.3. The van der Waals surface area contributed by atoms with Gasteiger partial charge in [0.15, 0.2) is 5.78 Å². The van der Waals surface area contributed by atoms with Gasteiger partial charge in [-0.25, -0.2) is 0 Å².